The third-order valence-corrected chi connectivity index (χ3v) is 3.83. The summed E-state index contributed by atoms with van der Waals surface area (Å²) >= 11 is 17.8. The van der Waals surface area contributed by atoms with Gasteiger partial charge in [-0.1, -0.05) is 34.8 Å². The average molecular weight is 320 g/mol. The van der Waals surface area contributed by atoms with Crippen LogP contribution in [0.15, 0.2) is 21.7 Å². The largest absolute Gasteiger partial charge is 0.334 e. The molecule has 0 aliphatic heterocycles. The summed E-state index contributed by atoms with van der Waals surface area (Å²) in [6, 6.07) is 3.07. The van der Waals surface area contributed by atoms with Gasteiger partial charge in [-0.3, -0.25) is 9.78 Å². The van der Waals surface area contributed by atoms with Crippen LogP contribution in [0.25, 0.3) is 5.69 Å². The van der Waals surface area contributed by atoms with Gasteiger partial charge in [-0.2, -0.15) is 0 Å². The number of rotatable bonds is 1. The number of nitrogens with zero attached hydrogens (tertiary/aromatic N) is 1. The smallest absolute Gasteiger partial charge is 0.297 e. The number of aromatic nitrogens is 2. The third-order valence-electron chi connectivity index (χ3n) is 2.74. The SMILES string of the molecule is Cc1cc(Cl)c(-n2c(=O)[nH]c(Cl)c(C)c2=O)cc1Cl. The number of aromatic amines is 1. The van der Waals surface area contributed by atoms with Gasteiger partial charge in [-0.15, -0.1) is 0 Å². The van der Waals surface area contributed by atoms with E-state index in [1.54, 1.807) is 13.0 Å². The second-order valence-electron chi connectivity index (χ2n) is 4.06. The van der Waals surface area contributed by atoms with Crippen LogP contribution in [0.2, 0.25) is 15.2 Å². The van der Waals surface area contributed by atoms with E-state index in [0.29, 0.717) is 5.02 Å². The molecule has 0 aliphatic carbocycles. The van der Waals surface area contributed by atoms with E-state index >= 15 is 0 Å². The fraction of sp³-hybridized carbons (Fsp3) is 0.167. The minimum atomic E-state index is -0.664. The van der Waals surface area contributed by atoms with Crippen LogP contribution in [-0.4, -0.2) is 9.55 Å². The zero-order valence-corrected chi connectivity index (χ0v) is 12.3. The maximum atomic E-state index is 12.1. The Bertz CT molecular complexity index is 778. The van der Waals surface area contributed by atoms with E-state index in [0.717, 1.165) is 10.1 Å². The minimum absolute atomic E-state index is 0.0144. The zero-order chi connectivity index (χ0) is 14.3. The number of H-pyrrole nitrogens is 1. The molecule has 1 N–H and O–H groups in total. The van der Waals surface area contributed by atoms with Gasteiger partial charge in [-0.25, -0.2) is 9.36 Å². The molecule has 0 bridgehead atoms. The van der Waals surface area contributed by atoms with Gasteiger partial charge in [0.2, 0.25) is 0 Å². The molecule has 19 heavy (non-hydrogen) atoms. The molecule has 7 heteroatoms. The van der Waals surface area contributed by atoms with Gasteiger partial charge in [0.15, 0.2) is 0 Å². The molecule has 0 saturated carbocycles. The van der Waals surface area contributed by atoms with Crippen molar-refractivity contribution >= 4 is 34.8 Å². The van der Waals surface area contributed by atoms with Gasteiger partial charge in [0.05, 0.1) is 16.3 Å². The van der Waals surface area contributed by atoms with Crippen molar-refractivity contribution in [1.29, 1.82) is 0 Å². The number of hydrogen-bond acceptors (Lipinski definition) is 2. The molecule has 0 radical (unpaired) electrons. The van der Waals surface area contributed by atoms with E-state index in [1.807, 2.05) is 0 Å². The van der Waals surface area contributed by atoms with E-state index in [-0.39, 0.29) is 21.4 Å². The van der Waals surface area contributed by atoms with E-state index in [4.69, 9.17) is 34.8 Å². The van der Waals surface area contributed by atoms with E-state index < -0.39 is 11.2 Å². The lowest BCUT2D eigenvalue weighted by atomic mass is 10.2. The van der Waals surface area contributed by atoms with Crippen molar-refractivity contribution in [1.82, 2.24) is 9.55 Å². The number of aryl methyl sites for hydroxylation is 1. The van der Waals surface area contributed by atoms with Crippen LogP contribution in [-0.2, 0) is 0 Å². The second kappa shape index (κ2) is 5.04. The van der Waals surface area contributed by atoms with Crippen LogP contribution in [0.1, 0.15) is 11.1 Å². The van der Waals surface area contributed by atoms with Gasteiger partial charge in [0, 0.05) is 5.02 Å². The molecule has 0 amide bonds. The molecule has 1 aromatic carbocycles. The highest BCUT2D eigenvalue weighted by Gasteiger charge is 2.14. The summed E-state index contributed by atoms with van der Waals surface area (Å²) < 4.78 is 0.912. The standard InChI is InChI=1S/C12H9Cl3N2O2/c1-5-3-8(14)9(4-7(5)13)17-11(18)6(2)10(15)16-12(17)19/h3-4H,1-2H3,(H,16,19). The summed E-state index contributed by atoms with van der Waals surface area (Å²) in [4.78, 5) is 26.4. The Balaban J connectivity index is 2.88. The van der Waals surface area contributed by atoms with Gasteiger partial charge < -0.3 is 0 Å². The van der Waals surface area contributed by atoms with Crippen molar-refractivity contribution < 1.29 is 0 Å². The molecule has 100 valence electrons. The second-order valence-corrected chi connectivity index (χ2v) is 5.25. The number of hydrogen-bond donors (Lipinski definition) is 1. The van der Waals surface area contributed by atoms with Crippen molar-refractivity contribution in [2.75, 3.05) is 0 Å². The first-order valence-corrected chi connectivity index (χ1v) is 6.43. The minimum Gasteiger partial charge on any atom is -0.297 e. The summed E-state index contributed by atoms with van der Waals surface area (Å²) in [6.07, 6.45) is 0. The van der Waals surface area contributed by atoms with Crippen molar-refractivity contribution in [2.45, 2.75) is 13.8 Å². The Morgan fingerprint density at radius 1 is 1.05 bits per heavy atom. The number of nitrogens with one attached hydrogen (secondary N) is 1. The summed E-state index contributed by atoms with van der Waals surface area (Å²) in [5.74, 6) is 0. The topological polar surface area (TPSA) is 54.9 Å². The van der Waals surface area contributed by atoms with Crippen LogP contribution in [0, 0.1) is 13.8 Å². The highest BCUT2D eigenvalue weighted by Crippen LogP contribution is 2.26. The molecule has 0 spiro atoms. The summed E-state index contributed by atoms with van der Waals surface area (Å²) in [5.41, 5.74) is 0.0147. The van der Waals surface area contributed by atoms with E-state index in [2.05, 4.69) is 4.98 Å². The molecular formula is C12H9Cl3N2O2. The number of benzene rings is 1. The van der Waals surface area contributed by atoms with Gasteiger partial charge in [0.1, 0.15) is 5.15 Å². The van der Waals surface area contributed by atoms with E-state index in [9.17, 15) is 9.59 Å². The molecule has 0 atom stereocenters. The fourth-order valence-corrected chi connectivity index (χ4v) is 2.25. The molecule has 0 aliphatic rings. The molecule has 2 rings (SSSR count). The molecule has 4 nitrogen and oxygen atoms in total. The van der Waals surface area contributed by atoms with Crippen molar-refractivity contribution in [2.24, 2.45) is 0 Å². The highest BCUT2D eigenvalue weighted by molar-refractivity contribution is 6.35. The molecule has 1 heterocycles. The van der Waals surface area contributed by atoms with Crippen molar-refractivity contribution in [3.8, 4) is 5.69 Å². The van der Waals surface area contributed by atoms with Gasteiger partial charge in [0.25, 0.3) is 5.56 Å². The first kappa shape index (κ1) is 14.2. The van der Waals surface area contributed by atoms with Crippen LogP contribution in [0.3, 0.4) is 0 Å². The zero-order valence-electron chi connectivity index (χ0n) is 10.1. The quantitative estimate of drug-likeness (QED) is 0.821. The summed E-state index contributed by atoms with van der Waals surface area (Å²) in [6.45, 7) is 3.29. The van der Waals surface area contributed by atoms with E-state index in [1.165, 1.54) is 13.0 Å². The Labute approximate surface area is 123 Å². The monoisotopic (exact) mass is 318 g/mol. The van der Waals surface area contributed by atoms with Gasteiger partial charge >= 0.3 is 5.69 Å². The lowest BCUT2D eigenvalue weighted by Gasteiger charge is -2.10. The Kier molecular flexibility index (Phi) is 3.76. The molecule has 2 aromatic rings. The molecule has 0 fully saturated rings. The predicted octanol–water partition coefficient (Wildman–Crippen LogP) is 3.10. The van der Waals surface area contributed by atoms with Crippen molar-refractivity contribution in [3.63, 3.8) is 0 Å². The van der Waals surface area contributed by atoms with Crippen molar-refractivity contribution in [3.05, 3.63) is 59.3 Å². The summed E-state index contributed by atoms with van der Waals surface area (Å²) in [5, 5.41) is 0.690. The summed E-state index contributed by atoms with van der Waals surface area (Å²) in [7, 11) is 0. The Hall–Kier alpha value is -1.23. The van der Waals surface area contributed by atoms with Crippen LogP contribution >= 0.6 is 34.8 Å². The third kappa shape index (κ3) is 2.43. The number of halogens is 3. The molecule has 0 unspecified atom stereocenters. The Morgan fingerprint density at radius 3 is 2.32 bits per heavy atom. The molecular weight excluding hydrogens is 311 g/mol. The highest BCUT2D eigenvalue weighted by atomic mass is 35.5. The lowest BCUT2D eigenvalue weighted by Crippen LogP contribution is -2.35. The Morgan fingerprint density at radius 2 is 1.68 bits per heavy atom. The maximum Gasteiger partial charge on any atom is 0.334 e. The predicted molar refractivity (Wildman–Crippen MR) is 77.2 cm³/mol. The first-order valence-electron chi connectivity index (χ1n) is 5.30. The molecule has 1 aromatic heterocycles. The van der Waals surface area contributed by atoms with Crippen LogP contribution in [0.5, 0.6) is 0 Å². The molecule has 0 saturated heterocycles. The first-order chi connectivity index (χ1) is 8.82. The van der Waals surface area contributed by atoms with Gasteiger partial charge in [-0.05, 0) is 31.5 Å². The normalized spacial score (nSPS) is 10.8. The lowest BCUT2D eigenvalue weighted by molar-refractivity contribution is 0.860. The maximum absolute atomic E-state index is 12.1. The fourth-order valence-electron chi connectivity index (χ4n) is 1.62. The average Bonchev–Trinajstić information content (AvgIpc) is 2.33. The van der Waals surface area contributed by atoms with Crippen LogP contribution < -0.4 is 11.2 Å². The van der Waals surface area contributed by atoms with Crippen LogP contribution in [0.4, 0.5) is 0 Å².